The summed E-state index contributed by atoms with van der Waals surface area (Å²) in [6.07, 6.45) is 2.78. The van der Waals surface area contributed by atoms with Crippen LogP contribution in [0.1, 0.15) is 30.2 Å². The van der Waals surface area contributed by atoms with Crippen molar-refractivity contribution in [2.45, 2.75) is 31.6 Å². The van der Waals surface area contributed by atoms with Gasteiger partial charge in [0, 0.05) is 18.0 Å². The molecule has 1 heterocycles. The third-order valence-electron chi connectivity index (χ3n) is 5.03. The van der Waals surface area contributed by atoms with E-state index in [2.05, 4.69) is 47.5 Å². The first-order chi connectivity index (χ1) is 11.7. The molecule has 1 amide bonds. The van der Waals surface area contributed by atoms with Crippen LogP contribution in [-0.2, 0) is 16.6 Å². The Morgan fingerprint density at radius 3 is 2.62 bits per heavy atom. The SMILES string of the molecule is CCCN(CCc1ccccc1)C(=O)[C@@]1(c2cccs2)C[C@H]1CN. The average molecular weight is 343 g/mol. The molecule has 1 aliphatic carbocycles. The molecule has 0 aliphatic heterocycles. The van der Waals surface area contributed by atoms with Crippen molar-refractivity contribution < 1.29 is 4.79 Å². The van der Waals surface area contributed by atoms with Crippen LogP contribution in [0.25, 0.3) is 0 Å². The molecule has 3 rings (SSSR count). The maximum absolute atomic E-state index is 13.4. The van der Waals surface area contributed by atoms with E-state index in [9.17, 15) is 4.79 Å². The fourth-order valence-electron chi connectivity index (χ4n) is 3.59. The largest absolute Gasteiger partial charge is 0.342 e. The number of benzene rings is 1. The van der Waals surface area contributed by atoms with E-state index in [0.717, 1.165) is 32.4 Å². The highest BCUT2D eigenvalue weighted by Crippen LogP contribution is 2.56. The number of nitrogens with zero attached hydrogens (tertiary/aromatic N) is 1. The van der Waals surface area contributed by atoms with Crippen molar-refractivity contribution in [1.82, 2.24) is 4.90 Å². The van der Waals surface area contributed by atoms with E-state index in [1.807, 2.05) is 12.1 Å². The number of amides is 1. The minimum atomic E-state index is -0.352. The third-order valence-corrected chi connectivity index (χ3v) is 6.07. The lowest BCUT2D eigenvalue weighted by Crippen LogP contribution is -2.42. The lowest BCUT2D eigenvalue weighted by Gasteiger charge is -2.28. The van der Waals surface area contributed by atoms with Crippen LogP contribution in [0, 0.1) is 5.92 Å². The second kappa shape index (κ2) is 7.49. The number of thiophene rings is 1. The molecule has 4 heteroatoms. The molecule has 0 saturated heterocycles. The molecule has 1 aromatic heterocycles. The van der Waals surface area contributed by atoms with Crippen molar-refractivity contribution >= 4 is 17.2 Å². The fraction of sp³-hybridized carbons (Fsp3) is 0.450. The van der Waals surface area contributed by atoms with Gasteiger partial charge in [-0.1, -0.05) is 43.3 Å². The fourth-order valence-corrected chi connectivity index (χ4v) is 4.60. The number of hydrogen-bond donors (Lipinski definition) is 1. The molecule has 2 aromatic rings. The second-order valence-electron chi connectivity index (χ2n) is 6.61. The number of hydrogen-bond acceptors (Lipinski definition) is 3. The van der Waals surface area contributed by atoms with Gasteiger partial charge in [0.2, 0.25) is 5.91 Å². The monoisotopic (exact) mass is 342 g/mol. The first kappa shape index (κ1) is 17.2. The van der Waals surface area contributed by atoms with Gasteiger partial charge in [-0.25, -0.2) is 0 Å². The first-order valence-electron chi connectivity index (χ1n) is 8.79. The summed E-state index contributed by atoms with van der Waals surface area (Å²) in [5.41, 5.74) is 6.85. The maximum atomic E-state index is 13.4. The van der Waals surface area contributed by atoms with Gasteiger partial charge in [-0.3, -0.25) is 4.79 Å². The number of carbonyl (C=O) groups is 1. The molecule has 3 nitrogen and oxygen atoms in total. The molecular weight excluding hydrogens is 316 g/mol. The first-order valence-corrected chi connectivity index (χ1v) is 9.67. The Kier molecular flexibility index (Phi) is 5.36. The molecule has 2 N–H and O–H groups in total. The van der Waals surface area contributed by atoms with Gasteiger partial charge in [0.15, 0.2) is 0 Å². The highest BCUT2D eigenvalue weighted by Gasteiger charge is 2.61. The zero-order valence-electron chi connectivity index (χ0n) is 14.3. The molecule has 1 aromatic carbocycles. The van der Waals surface area contributed by atoms with Gasteiger partial charge in [0.1, 0.15) is 0 Å². The molecule has 0 spiro atoms. The lowest BCUT2D eigenvalue weighted by molar-refractivity contribution is -0.134. The Morgan fingerprint density at radius 2 is 2.04 bits per heavy atom. The summed E-state index contributed by atoms with van der Waals surface area (Å²) in [5.74, 6) is 0.568. The standard InChI is InChI=1S/C20H26N2OS/c1-2-11-22(12-10-16-7-4-3-5-8-16)19(23)20(14-17(20)15-21)18-9-6-13-24-18/h3-9,13,17H,2,10-12,14-15,21H2,1H3/t17-,20-/m0/s1. The van der Waals surface area contributed by atoms with Crippen LogP contribution < -0.4 is 5.73 Å². The van der Waals surface area contributed by atoms with Crippen molar-refractivity contribution in [3.05, 3.63) is 58.3 Å². The molecule has 1 saturated carbocycles. The predicted octanol–water partition coefficient (Wildman–Crippen LogP) is 3.45. The summed E-state index contributed by atoms with van der Waals surface area (Å²) in [7, 11) is 0. The molecule has 0 bridgehead atoms. The minimum absolute atomic E-state index is 0.276. The van der Waals surface area contributed by atoms with Gasteiger partial charge in [0.25, 0.3) is 0 Å². The van der Waals surface area contributed by atoms with E-state index in [1.165, 1.54) is 10.4 Å². The molecule has 0 unspecified atom stereocenters. The number of carbonyl (C=O) groups excluding carboxylic acids is 1. The maximum Gasteiger partial charge on any atom is 0.234 e. The summed E-state index contributed by atoms with van der Waals surface area (Å²) in [5, 5.41) is 2.06. The summed E-state index contributed by atoms with van der Waals surface area (Å²) in [4.78, 5) is 16.6. The third kappa shape index (κ3) is 3.26. The van der Waals surface area contributed by atoms with Crippen molar-refractivity contribution in [1.29, 1.82) is 0 Å². The van der Waals surface area contributed by atoms with Crippen LogP contribution in [0.4, 0.5) is 0 Å². The van der Waals surface area contributed by atoms with Crippen LogP contribution in [0.15, 0.2) is 47.8 Å². The van der Waals surface area contributed by atoms with Crippen molar-refractivity contribution in [2.24, 2.45) is 11.7 Å². The smallest absolute Gasteiger partial charge is 0.234 e. The van der Waals surface area contributed by atoms with Crippen LogP contribution in [-0.4, -0.2) is 30.4 Å². The van der Waals surface area contributed by atoms with Crippen LogP contribution in [0.3, 0.4) is 0 Å². The Morgan fingerprint density at radius 1 is 1.25 bits per heavy atom. The Balaban J connectivity index is 1.76. The summed E-state index contributed by atoms with van der Waals surface area (Å²) in [6.45, 7) is 4.31. The van der Waals surface area contributed by atoms with E-state index in [0.29, 0.717) is 12.5 Å². The summed E-state index contributed by atoms with van der Waals surface area (Å²) in [6, 6.07) is 14.5. The topological polar surface area (TPSA) is 46.3 Å². The van der Waals surface area contributed by atoms with Gasteiger partial charge in [-0.15, -0.1) is 11.3 Å². The molecule has 24 heavy (non-hydrogen) atoms. The lowest BCUT2D eigenvalue weighted by atomic mass is 9.98. The second-order valence-corrected chi connectivity index (χ2v) is 7.56. The summed E-state index contributed by atoms with van der Waals surface area (Å²) >= 11 is 1.69. The summed E-state index contributed by atoms with van der Waals surface area (Å²) < 4.78 is 0. The van der Waals surface area contributed by atoms with Crippen LogP contribution in [0.2, 0.25) is 0 Å². The van der Waals surface area contributed by atoms with Crippen LogP contribution >= 0.6 is 11.3 Å². The molecule has 1 fully saturated rings. The van der Waals surface area contributed by atoms with E-state index in [1.54, 1.807) is 11.3 Å². The average Bonchev–Trinajstić information content (AvgIpc) is 3.11. The van der Waals surface area contributed by atoms with Gasteiger partial charge >= 0.3 is 0 Å². The molecular formula is C20H26N2OS. The highest BCUT2D eigenvalue weighted by molar-refractivity contribution is 7.10. The molecule has 0 radical (unpaired) electrons. The van der Waals surface area contributed by atoms with E-state index in [-0.39, 0.29) is 11.3 Å². The van der Waals surface area contributed by atoms with Gasteiger partial charge in [0.05, 0.1) is 5.41 Å². The van der Waals surface area contributed by atoms with Crippen molar-refractivity contribution in [3.63, 3.8) is 0 Å². The molecule has 128 valence electrons. The number of rotatable bonds is 8. The zero-order valence-corrected chi connectivity index (χ0v) is 15.1. The highest BCUT2D eigenvalue weighted by atomic mass is 32.1. The Hall–Kier alpha value is -1.65. The van der Waals surface area contributed by atoms with Gasteiger partial charge < -0.3 is 10.6 Å². The number of nitrogens with two attached hydrogens (primary N) is 1. The van der Waals surface area contributed by atoms with E-state index < -0.39 is 0 Å². The predicted molar refractivity (Wildman–Crippen MR) is 100 cm³/mol. The molecule has 2 atom stereocenters. The normalized spacial score (nSPS) is 22.3. The zero-order chi connectivity index (χ0) is 17.0. The van der Waals surface area contributed by atoms with E-state index in [4.69, 9.17) is 5.73 Å². The minimum Gasteiger partial charge on any atom is -0.342 e. The van der Waals surface area contributed by atoms with Gasteiger partial charge in [-0.2, -0.15) is 0 Å². The quantitative estimate of drug-likeness (QED) is 0.799. The Bertz CT molecular complexity index is 656. The van der Waals surface area contributed by atoms with E-state index >= 15 is 0 Å². The molecule has 1 aliphatic rings. The van der Waals surface area contributed by atoms with Crippen molar-refractivity contribution in [3.8, 4) is 0 Å². The Labute approximate surface area is 148 Å². The van der Waals surface area contributed by atoms with Crippen LogP contribution in [0.5, 0.6) is 0 Å². The van der Waals surface area contributed by atoms with Crippen molar-refractivity contribution in [2.75, 3.05) is 19.6 Å². The van der Waals surface area contributed by atoms with Gasteiger partial charge in [-0.05, 0) is 48.7 Å².